The molecule has 3 amide bonds. The number of carbonyl (C=O) groups is 2. The molecule has 1 aromatic carbocycles. The first-order valence-corrected chi connectivity index (χ1v) is 7.96. The second kappa shape index (κ2) is 5.75. The van der Waals surface area contributed by atoms with Crippen molar-refractivity contribution in [2.24, 2.45) is 0 Å². The topological polar surface area (TPSA) is 69.6 Å². The van der Waals surface area contributed by atoms with Crippen LogP contribution >= 0.6 is 11.3 Å². The van der Waals surface area contributed by atoms with Gasteiger partial charge in [0.25, 0.3) is 5.91 Å². The van der Waals surface area contributed by atoms with Gasteiger partial charge in [-0.25, -0.2) is 9.18 Å². The van der Waals surface area contributed by atoms with Crippen LogP contribution in [-0.2, 0) is 10.3 Å². The standard InChI is InChI=1S/C16H15FN2O3S/c1-16(11-6-7-23-9-11)14(21)19(15(22)18-16)8-13(20)10-2-4-12(17)5-3-10/h2-7,9,13,20H,8H2,1H3,(H,18,22). The zero-order valence-corrected chi connectivity index (χ0v) is 13.1. The number of hydrogen-bond acceptors (Lipinski definition) is 4. The van der Waals surface area contributed by atoms with Crippen LogP contribution in [0.2, 0.25) is 0 Å². The summed E-state index contributed by atoms with van der Waals surface area (Å²) in [6.45, 7) is 1.45. The van der Waals surface area contributed by atoms with Crippen molar-refractivity contribution in [3.8, 4) is 0 Å². The molecule has 2 heterocycles. The molecule has 0 bridgehead atoms. The molecule has 1 fully saturated rings. The number of hydrogen-bond donors (Lipinski definition) is 2. The van der Waals surface area contributed by atoms with Gasteiger partial charge in [0.1, 0.15) is 11.4 Å². The number of amides is 3. The molecule has 120 valence electrons. The predicted molar refractivity (Wildman–Crippen MR) is 83.3 cm³/mol. The quantitative estimate of drug-likeness (QED) is 0.844. The van der Waals surface area contributed by atoms with Crippen molar-refractivity contribution in [1.29, 1.82) is 0 Å². The van der Waals surface area contributed by atoms with Crippen molar-refractivity contribution < 1.29 is 19.1 Å². The highest BCUT2D eigenvalue weighted by molar-refractivity contribution is 7.08. The van der Waals surface area contributed by atoms with Crippen LogP contribution in [0, 0.1) is 5.82 Å². The number of carbonyl (C=O) groups excluding carboxylic acids is 2. The average Bonchev–Trinajstić information content (AvgIpc) is 3.12. The molecule has 0 saturated carbocycles. The van der Waals surface area contributed by atoms with E-state index in [1.54, 1.807) is 18.4 Å². The number of aliphatic hydroxyl groups excluding tert-OH is 1. The van der Waals surface area contributed by atoms with Crippen molar-refractivity contribution in [3.05, 3.63) is 58.0 Å². The summed E-state index contributed by atoms with van der Waals surface area (Å²) in [6, 6.07) is 6.53. The van der Waals surface area contributed by atoms with Gasteiger partial charge in [0, 0.05) is 0 Å². The predicted octanol–water partition coefficient (Wildman–Crippen LogP) is 2.39. The third kappa shape index (κ3) is 2.73. The van der Waals surface area contributed by atoms with Crippen LogP contribution in [0.4, 0.5) is 9.18 Å². The molecular weight excluding hydrogens is 319 g/mol. The van der Waals surface area contributed by atoms with Gasteiger partial charge in [-0.2, -0.15) is 11.3 Å². The summed E-state index contributed by atoms with van der Waals surface area (Å²) in [4.78, 5) is 25.8. The number of rotatable bonds is 4. The number of thiophene rings is 1. The van der Waals surface area contributed by atoms with Crippen molar-refractivity contribution in [2.75, 3.05) is 6.54 Å². The van der Waals surface area contributed by atoms with E-state index in [9.17, 15) is 19.1 Å². The summed E-state index contributed by atoms with van der Waals surface area (Å²) in [5, 5.41) is 16.5. The van der Waals surface area contributed by atoms with Gasteiger partial charge in [0.15, 0.2) is 0 Å². The zero-order chi connectivity index (χ0) is 16.6. The number of aliphatic hydroxyl groups is 1. The van der Waals surface area contributed by atoms with Crippen molar-refractivity contribution in [2.45, 2.75) is 18.6 Å². The van der Waals surface area contributed by atoms with E-state index in [0.29, 0.717) is 11.1 Å². The summed E-state index contributed by atoms with van der Waals surface area (Å²) in [7, 11) is 0. The Bertz CT molecular complexity index is 732. The van der Waals surface area contributed by atoms with Crippen LogP contribution in [0.1, 0.15) is 24.2 Å². The van der Waals surface area contributed by atoms with Gasteiger partial charge in [-0.05, 0) is 47.0 Å². The summed E-state index contributed by atoms with van der Waals surface area (Å²) < 4.78 is 12.9. The molecule has 2 N–H and O–H groups in total. The normalized spacial score (nSPS) is 22.3. The number of β-amino-alcohol motifs (C(OH)–C–C–N with tert-alkyl or cyclic N) is 1. The Hall–Kier alpha value is -2.25. The lowest BCUT2D eigenvalue weighted by atomic mass is 9.95. The van der Waals surface area contributed by atoms with Gasteiger partial charge in [-0.1, -0.05) is 12.1 Å². The van der Waals surface area contributed by atoms with Gasteiger partial charge in [-0.3, -0.25) is 9.69 Å². The third-order valence-corrected chi connectivity index (χ3v) is 4.67. The highest BCUT2D eigenvalue weighted by Gasteiger charge is 2.49. The van der Waals surface area contributed by atoms with E-state index in [1.807, 2.05) is 5.38 Å². The molecular formula is C16H15FN2O3S. The van der Waals surface area contributed by atoms with Crippen LogP contribution in [0.25, 0.3) is 0 Å². The van der Waals surface area contributed by atoms with Crippen molar-refractivity contribution in [1.82, 2.24) is 10.2 Å². The molecule has 23 heavy (non-hydrogen) atoms. The first-order chi connectivity index (χ1) is 10.9. The molecule has 7 heteroatoms. The van der Waals surface area contributed by atoms with Crippen LogP contribution in [-0.4, -0.2) is 28.5 Å². The largest absolute Gasteiger partial charge is 0.387 e. The lowest BCUT2D eigenvalue weighted by molar-refractivity contribution is -0.132. The fraction of sp³-hybridized carbons (Fsp3) is 0.250. The number of halogens is 1. The Labute approximate surface area is 136 Å². The molecule has 2 atom stereocenters. The van der Waals surface area contributed by atoms with E-state index < -0.39 is 29.4 Å². The summed E-state index contributed by atoms with van der Waals surface area (Å²) in [5.74, 6) is -0.831. The summed E-state index contributed by atoms with van der Waals surface area (Å²) >= 11 is 1.43. The van der Waals surface area contributed by atoms with E-state index in [1.165, 1.54) is 35.6 Å². The van der Waals surface area contributed by atoms with E-state index in [0.717, 1.165) is 4.90 Å². The number of benzene rings is 1. The molecule has 1 saturated heterocycles. The van der Waals surface area contributed by atoms with Crippen LogP contribution in [0.5, 0.6) is 0 Å². The highest BCUT2D eigenvalue weighted by atomic mass is 32.1. The van der Waals surface area contributed by atoms with E-state index in [2.05, 4.69) is 5.32 Å². The van der Waals surface area contributed by atoms with Gasteiger partial charge in [-0.15, -0.1) is 0 Å². The van der Waals surface area contributed by atoms with Gasteiger partial charge in [0.2, 0.25) is 0 Å². The van der Waals surface area contributed by atoms with Crippen LogP contribution < -0.4 is 5.32 Å². The second-order valence-electron chi connectivity index (χ2n) is 5.55. The SMILES string of the molecule is CC1(c2ccsc2)NC(=O)N(CC(O)c2ccc(F)cc2)C1=O. The zero-order valence-electron chi connectivity index (χ0n) is 12.3. The summed E-state index contributed by atoms with van der Waals surface area (Å²) in [6.07, 6.45) is -1.07. The molecule has 0 aliphatic carbocycles. The third-order valence-electron chi connectivity index (χ3n) is 3.98. The minimum atomic E-state index is -1.13. The molecule has 2 unspecified atom stereocenters. The highest BCUT2D eigenvalue weighted by Crippen LogP contribution is 2.31. The average molecular weight is 334 g/mol. The van der Waals surface area contributed by atoms with Gasteiger partial charge >= 0.3 is 6.03 Å². The molecule has 0 spiro atoms. The second-order valence-corrected chi connectivity index (χ2v) is 6.33. The maximum atomic E-state index is 12.9. The number of imide groups is 1. The molecule has 5 nitrogen and oxygen atoms in total. The number of nitrogens with one attached hydrogen (secondary N) is 1. The Morgan fingerprint density at radius 1 is 1.30 bits per heavy atom. The molecule has 1 aliphatic rings. The van der Waals surface area contributed by atoms with Crippen LogP contribution in [0.15, 0.2) is 41.1 Å². The lowest BCUT2D eigenvalue weighted by Crippen LogP contribution is -2.41. The Kier molecular flexibility index (Phi) is 3.91. The first kappa shape index (κ1) is 15.6. The fourth-order valence-corrected chi connectivity index (χ4v) is 3.34. The number of urea groups is 1. The molecule has 0 radical (unpaired) electrons. The molecule has 2 aromatic rings. The first-order valence-electron chi connectivity index (χ1n) is 7.02. The number of nitrogens with zero attached hydrogens (tertiary/aromatic N) is 1. The maximum absolute atomic E-state index is 12.9. The fourth-order valence-electron chi connectivity index (χ4n) is 2.57. The van der Waals surface area contributed by atoms with Gasteiger partial charge < -0.3 is 10.4 Å². The van der Waals surface area contributed by atoms with Gasteiger partial charge in [0.05, 0.1) is 12.6 Å². The molecule has 3 rings (SSSR count). The van der Waals surface area contributed by atoms with Crippen molar-refractivity contribution >= 4 is 23.3 Å². The smallest absolute Gasteiger partial charge is 0.325 e. The minimum absolute atomic E-state index is 0.184. The maximum Gasteiger partial charge on any atom is 0.325 e. The van der Waals surface area contributed by atoms with E-state index in [-0.39, 0.29) is 6.54 Å². The Balaban J connectivity index is 1.79. The monoisotopic (exact) mass is 334 g/mol. The lowest BCUT2D eigenvalue weighted by Gasteiger charge is -2.22. The van der Waals surface area contributed by atoms with E-state index in [4.69, 9.17) is 0 Å². The minimum Gasteiger partial charge on any atom is -0.387 e. The Morgan fingerprint density at radius 3 is 2.61 bits per heavy atom. The molecule has 1 aromatic heterocycles. The summed E-state index contributed by atoms with van der Waals surface area (Å²) in [5.41, 5.74) is 0.0235. The van der Waals surface area contributed by atoms with Crippen LogP contribution in [0.3, 0.4) is 0 Å². The van der Waals surface area contributed by atoms with E-state index >= 15 is 0 Å². The van der Waals surface area contributed by atoms with Crippen molar-refractivity contribution in [3.63, 3.8) is 0 Å². The molecule has 1 aliphatic heterocycles. The Morgan fingerprint density at radius 2 is 2.00 bits per heavy atom.